The molecule has 1 N–H and O–H groups in total. The monoisotopic (exact) mass is 257 g/mol. The van der Waals surface area contributed by atoms with Gasteiger partial charge in [0, 0.05) is 18.8 Å². The first-order valence-electron chi connectivity index (χ1n) is 6.67. The fraction of sp³-hybridized carbons (Fsp3) is 0.467. The number of benzene rings is 1. The van der Waals surface area contributed by atoms with Crippen LogP contribution < -0.4 is 5.32 Å². The number of urea groups is 1. The van der Waals surface area contributed by atoms with Crippen molar-refractivity contribution >= 4 is 11.7 Å². The van der Waals surface area contributed by atoms with E-state index in [0.29, 0.717) is 11.5 Å². The van der Waals surface area contributed by atoms with Gasteiger partial charge in [0.15, 0.2) is 0 Å². The molecule has 0 aromatic heterocycles. The van der Waals surface area contributed by atoms with Crippen LogP contribution in [0.15, 0.2) is 18.2 Å². The van der Waals surface area contributed by atoms with Gasteiger partial charge in [0.25, 0.3) is 0 Å². The van der Waals surface area contributed by atoms with E-state index in [1.54, 1.807) is 12.1 Å². The molecule has 0 unspecified atom stereocenters. The average Bonchev–Trinajstić information content (AvgIpc) is 2.42. The van der Waals surface area contributed by atoms with Gasteiger partial charge in [0.1, 0.15) is 0 Å². The standard InChI is InChI=1S/C15H19N3O/c1-11-5-7-18(8-6-11)15(19)17-14-9-13(10-16)4-3-12(14)2/h3-4,9,11H,5-8H2,1-2H3,(H,17,19). The molecule has 1 aliphatic heterocycles. The third-order valence-electron chi connectivity index (χ3n) is 3.68. The molecule has 1 heterocycles. The van der Waals surface area contributed by atoms with Crippen molar-refractivity contribution in [2.75, 3.05) is 18.4 Å². The SMILES string of the molecule is Cc1ccc(C#N)cc1NC(=O)N1CCC(C)CC1. The van der Waals surface area contributed by atoms with Gasteiger partial charge in [0.2, 0.25) is 0 Å². The van der Waals surface area contributed by atoms with Gasteiger partial charge < -0.3 is 10.2 Å². The largest absolute Gasteiger partial charge is 0.325 e. The number of anilines is 1. The van der Waals surface area contributed by atoms with Crippen LogP contribution in [0.2, 0.25) is 0 Å². The number of nitrogens with one attached hydrogen (secondary N) is 1. The molecule has 1 aromatic rings. The smallest absolute Gasteiger partial charge is 0.321 e. The topological polar surface area (TPSA) is 56.1 Å². The van der Waals surface area contributed by atoms with Gasteiger partial charge in [0.05, 0.1) is 11.6 Å². The second-order valence-electron chi connectivity index (χ2n) is 5.24. The zero-order chi connectivity index (χ0) is 13.8. The Morgan fingerprint density at radius 3 is 2.74 bits per heavy atom. The minimum atomic E-state index is -0.0647. The van der Waals surface area contributed by atoms with Crippen molar-refractivity contribution in [3.05, 3.63) is 29.3 Å². The van der Waals surface area contributed by atoms with E-state index in [9.17, 15) is 4.79 Å². The molecule has 2 rings (SSSR count). The summed E-state index contributed by atoms with van der Waals surface area (Å²) in [5.74, 6) is 0.702. The molecular weight excluding hydrogens is 238 g/mol. The van der Waals surface area contributed by atoms with Crippen molar-refractivity contribution in [1.29, 1.82) is 5.26 Å². The number of amides is 2. The van der Waals surface area contributed by atoms with Crippen molar-refractivity contribution in [2.45, 2.75) is 26.7 Å². The molecular formula is C15H19N3O. The van der Waals surface area contributed by atoms with Crippen LogP contribution in [0, 0.1) is 24.2 Å². The third kappa shape index (κ3) is 3.25. The molecule has 1 aromatic carbocycles. The Kier molecular flexibility index (Phi) is 4.06. The highest BCUT2D eigenvalue weighted by molar-refractivity contribution is 5.90. The molecule has 1 aliphatic rings. The number of likely N-dealkylation sites (tertiary alicyclic amines) is 1. The van der Waals surface area contributed by atoms with Gasteiger partial charge >= 0.3 is 6.03 Å². The number of hydrogen-bond donors (Lipinski definition) is 1. The fourth-order valence-electron chi connectivity index (χ4n) is 2.23. The Hall–Kier alpha value is -2.02. The van der Waals surface area contributed by atoms with E-state index in [1.807, 2.05) is 17.9 Å². The maximum Gasteiger partial charge on any atom is 0.321 e. The Bertz CT molecular complexity index is 511. The number of piperidine rings is 1. The predicted octanol–water partition coefficient (Wildman–Crippen LogP) is 3.13. The molecule has 4 heteroatoms. The summed E-state index contributed by atoms with van der Waals surface area (Å²) in [5.41, 5.74) is 2.26. The normalized spacial score (nSPS) is 15.9. The Morgan fingerprint density at radius 2 is 2.11 bits per heavy atom. The van der Waals surface area contributed by atoms with Crippen LogP contribution in [-0.2, 0) is 0 Å². The van der Waals surface area contributed by atoms with E-state index in [4.69, 9.17) is 5.26 Å². The maximum absolute atomic E-state index is 12.2. The van der Waals surface area contributed by atoms with Crippen molar-refractivity contribution in [2.24, 2.45) is 5.92 Å². The van der Waals surface area contributed by atoms with E-state index in [0.717, 1.165) is 37.2 Å². The van der Waals surface area contributed by atoms with E-state index in [2.05, 4.69) is 18.3 Å². The van der Waals surface area contributed by atoms with Gasteiger partial charge in [-0.1, -0.05) is 13.0 Å². The van der Waals surface area contributed by atoms with Crippen molar-refractivity contribution < 1.29 is 4.79 Å². The number of aryl methyl sites for hydroxylation is 1. The van der Waals surface area contributed by atoms with Crippen LogP contribution in [0.1, 0.15) is 30.9 Å². The number of nitrogens with zero attached hydrogens (tertiary/aromatic N) is 2. The zero-order valence-electron chi connectivity index (χ0n) is 11.4. The molecule has 100 valence electrons. The predicted molar refractivity (Wildman–Crippen MR) is 74.9 cm³/mol. The Balaban J connectivity index is 2.05. The second-order valence-corrected chi connectivity index (χ2v) is 5.24. The van der Waals surface area contributed by atoms with E-state index in [-0.39, 0.29) is 6.03 Å². The van der Waals surface area contributed by atoms with Gasteiger partial charge in [-0.05, 0) is 43.4 Å². The minimum Gasteiger partial charge on any atom is -0.325 e. The van der Waals surface area contributed by atoms with Crippen LogP contribution >= 0.6 is 0 Å². The summed E-state index contributed by atoms with van der Waals surface area (Å²) in [6.07, 6.45) is 2.12. The average molecular weight is 257 g/mol. The van der Waals surface area contributed by atoms with Crippen LogP contribution in [-0.4, -0.2) is 24.0 Å². The first-order valence-corrected chi connectivity index (χ1v) is 6.67. The quantitative estimate of drug-likeness (QED) is 0.840. The lowest BCUT2D eigenvalue weighted by Crippen LogP contribution is -2.40. The highest BCUT2D eigenvalue weighted by atomic mass is 16.2. The van der Waals surface area contributed by atoms with Crippen molar-refractivity contribution in [1.82, 2.24) is 4.90 Å². The zero-order valence-corrected chi connectivity index (χ0v) is 11.4. The molecule has 4 nitrogen and oxygen atoms in total. The lowest BCUT2D eigenvalue weighted by Gasteiger charge is -2.30. The summed E-state index contributed by atoms with van der Waals surface area (Å²) in [5, 5.41) is 11.8. The van der Waals surface area contributed by atoms with Crippen molar-refractivity contribution in [3.8, 4) is 6.07 Å². The molecule has 0 spiro atoms. The lowest BCUT2D eigenvalue weighted by molar-refractivity contribution is 0.186. The van der Waals surface area contributed by atoms with Crippen LogP contribution in [0.5, 0.6) is 0 Å². The number of carbonyl (C=O) groups excluding carboxylic acids is 1. The van der Waals surface area contributed by atoms with Gasteiger partial charge in [-0.25, -0.2) is 4.79 Å². The van der Waals surface area contributed by atoms with Crippen LogP contribution in [0.3, 0.4) is 0 Å². The second kappa shape index (κ2) is 5.75. The number of hydrogen-bond acceptors (Lipinski definition) is 2. The molecule has 0 saturated carbocycles. The molecule has 1 fully saturated rings. The molecule has 2 amide bonds. The van der Waals surface area contributed by atoms with Crippen LogP contribution in [0.4, 0.5) is 10.5 Å². The minimum absolute atomic E-state index is 0.0647. The Morgan fingerprint density at radius 1 is 1.42 bits per heavy atom. The molecule has 0 bridgehead atoms. The van der Waals surface area contributed by atoms with E-state index < -0.39 is 0 Å². The number of rotatable bonds is 1. The van der Waals surface area contributed by atoms with E-state index in [1.165, 1.54) is 0 Å². The summed E-state index contributed by atoms with van der Waals surface area (Å²) >= 11 is 0. The molecule has 0 atom stereocenters. The van der Waals surface area contributed by atoms with Crippen molar-refractivity contribution in [3.63, 3.8) is 0 Å². The molecule has 0 aliphatic carbocycles. The summed E-state index contributed by atoms with van der Waals surface area (Å²) < 4.78 is 0. The maximum atomic E-state index is 12.2. The lowest BCUT2D eigenvalue weighted by atomic mass is 10.00. The third-order valence-corrected chi connectivity index (χ3v) is 3.68. The fourth-order valence-corrected chi connectivity index (χ4v) is 2.23. The van der Waals surface area contributed by atoms with E-state index >= 15 is 0 Å². The summed E-state index contributed by atoms with van der Waals surface area (Å²) in [4.78, 5) is 14.0. The number of nitriles is 1. The first-order chi connectivity index (χ1) is 9.10. The van der Waals surface area contributed by atoms with Crippen LogP contribution in [0.25, 0.3) is 0 Å². The molecule has 19 heavy (non-hydrogen) atoms. The highest BCUT2D eigenvalue weighted by Crippen LogP contribution is 2.20. The highest BCUT2D eigenvalue weighted by Gasteiger charge is 2.20. The van der Waals surface area contributed by atoms with Gasteiger partial charge in [-0.2, -0.15) is 5.26 Å². The summed E-state index contributed by atoms with van der Waals surface area (Å²) in [6, 6.07) is 7.36. The van der Waals surface area contributed by atoms with Gasteiger partial charge in [-0.15, -0.1) is 0 Å². The summed E-state index contributed by atoms with van der Waals surface area (Å²) in [7, 11) is 0. The first kappa shape index (κ1) is 13.4. The summed E-state index contributed by atoms with van der Waals surface area (Å²) in [6.45, 7) is 5.76. The van der Waals surface area contributed by atoms with Gasteiger partial charge in [-0.3, -0.25) is 0 Å². The number of carbonyl (C=O) groups is 1. The molecule has 0 radical (unpaired) electrons. The Labute approximate surface area is 114 Å². The molecule has 1 saturated heterocycles.